The van der Waals surface area contributed by atoms with E-state index in [1.165, 1.54) is 22.5 Å². The predicted molar refractivity (Wildman–Crippen MR) is 115 cm³/mol. The van der Waals surface area contributed by atoms with E-state index in [1.807, 2.05) is 32.0 Å². The van der Waals surface area contributed by atoms with Gasteiger partial charge in [0.2, 0.25) is 5.91 Å². The van der Waals surface area contributed by atoms with E-state index in [9.17, 15) is 14.4 Å². The number of nitrogens with one attached hydrogen (secondary N) is 1. The maximum absolute atomic E-state index is 12.8. The maximum Gasteiger partial charge on any atom is 0.284 e. The molecule has 0 saturated carbocycles. The van der Waals surface area contributed by atoms with Gasteiger partial charge in [0.1, 0.15) is 12.9 Å². The molecule has 4 aromatic rings. The Morgan fingerprint density at radius 3 is 2.45 bits per heavy atom. The van der Waals surface area contributed by atoms with Gasteiger partial charge < -0.3 is 5.32 Å². The Bertz CT molecular complexity index is 1370. The predicted octanol–water partition coefficient (Wildman–Crippen LogP) is 2.44. The molecule has 0 spiro atoms. The molecule has 0 fully saturated rings. The zero-order chi connectivity index (χ0) is 22.1. The molecule has 0 aliphatic heterocycles. The summed E-state index contributed by atoms with van der Waals surface area (Å²) in [5.74, 6) is -0.460. The van der Waals surface area contributed by atoms with Crippen LogP contribution in [0.25, 0.3) is 16.9 Å². The number of aryl methyl sites for hydroxylation is 2. The molecule has 0 atom stereocenters. The molecule has 2 heterocycles. The largest absolute Gasteiger partial charge is 0.325 e. The summed E-state index contributed by atoms with van der Waals surface area (Å²) >= 11 is 0. The second kappa shape index (κ2) is 7.94. The molecule has 0 bridgehead atoms. The van der Waals surface area contributed by atoms with E-state index >= 15 is 0 Å². The van der Waals surface area contributed by atoms with Gasteiger partial charge in [-0.25, -0.2) is 4.98 Å². The van der Waals surface area contributed by atoms with Crippen molar-refractivity contribution in [2.75, 3.05) is 5.32 Å². The number of carbonyl (C=O) groups is 2. The molecule has 9 heteroatoms. The van der Waals surface area contributed by atoms with Crippen LogP contribution in [0, 0.1) is 13.8 Å². The van der Waals surface area contributed by atoms with Crippen LogP contribution in [0.4, 0.5) is 5.69 Å². The van der Waals surface area contributed by atoms with E-state index in [1.54, 1.807) is 24.3 Å². The van der Waals surface area contributed by atoms with Gasteiger partial charge in [0, 0.05) is 11.3 Å². The highest BCUT2D eigenvalue weighted by Gasteiger charge is 2.15. The smallest absolute Gasteiger partial charge is 0.284 e. The summed E-state index contributed by atoms with van der Waals surface area (Å²) in [4.78, 5) is 40.8. The van der Waals surface area contributed by atoms with Crippen LogP contribution in [0.5, 0.6) is 0 Å². The Hall–Kier alpha value is -4.14. The van der Waals surface area contributed by atoms with Crippen molar-refractivity contribution < 1.29 is 9.59 Å². The van der Waals surface area contributed by atoms with Crippen molar-refractivity contribution in [3.05, 3.63) is 75.8 Å². The Balaban J connectivity index is 1.57. The first-order valence-electron chi connectivity index (χ1n) is 9.63. The van der Waals surface area contributed by atoms with Crippen molar-refractivity contribution in [2.24, 2.45) is 0 Å². The third kappa shape index (κ3) is 3.97. The Morgan fingerprint density at radius 2 is 1.77 bits per heavy atom. The average Bonchev–Trinajstić information content (AvgIpc) is 3.17. The van der Waals surface area contributed by atoms with Gasteiger partial charge in [-0.05, 0) is 68.3 Å². The van der Waals surface area contributed by atoms with Crippen LogP contribution in [-0.4, -0.2) is 36.2 Å². The molecule has 1 N–H and O–H groups in total. The number of carbonyl (C=O) groups excluding carboxylic acids is 2. The van der Waals surface area contributed by atoms with Crippen molar-refractivity contribution in [3.63, 3.8) is 0 Å². The monoisotopic (exact) mass is 416 g/mol. The summed E-state index contributed by atoms with van der Waals surface area (Å²) < 4.78 is 2.69. The molecule has 0 unspecified atom stereocenters. The number of ketones is 1. The lowest BCUT2D eigenvalue weighted by atomic mass is 10.1. The second-order valence-corrected chi connectivity index (χ2v) is 7.30. The van der Waals surface area contributed by atoms with E-state index in [2.05, 4.69) is 20.6 Å². The van der Waals surface area contributed by atoms with Crippen molar-refractivity contribution in [1.29, 1.82) is 0 Å². The van der Waals surface area contributed by atoms with Crippen LogP contribution in [0.3, 0.4) is 0 Å². The van der Waals surface area contributed by atoms with E-state index in [0.717, 1.165) is 16.8 Å². The quantitative estimate of drug-likeness (QED) is 0.500. The van der Waals surface area contributed by atoms with Crippen LogP contribution in [-0.2, 0) is 11.3 Å². The molecule has 4 rings (SSSR count). The van der Waals surface area contributed by atoms with Crippen molar-refractivity contribution in [1.82, 2.24) is 24.5 Å². The highest BCUT2D eigenvalue weighted by molar-refractivity contribution is 5.95. The number of anilines is 1. The fraction of sp³-hybridized carbons (Fsp3) is 0.182. The molecule has 31 heavy (non-hydrogen) atoms. The normalized spacial score (nSPS) is 10.9. The number of amides is 1. The molecule has 2 aromatic heterocycles. The summed E-state index contributed by atoms with van der Waals surface area (Å²) in [6, 6.07) is 12.3. The maximum atomic E-state index is 12.8. The molecule has 0 saturated heterocycles. The van der Waals surface area contributed by atoms with Crippen LogP contribution < -0.4 is 10.9 Å². The minimum atomic E-state index is -0.456. The highest BCUT2D eigenvalue weighted by Crippen LogP contribution is 2.16. The zero-order valence-corrected chi connectivity index (χ0v) is 17.3. The number of nitrogens with zero attached hydrogens (tertiary/aromatic N) is 5. The van der Waals surface area contributed by atoms with Gasteiger partial charge in [-0.3, -0.25) is 19.0 Å². The standard InChI is InChI=1S/C22H20N6O3/c1-13-4-9-18(10-14(13)2)28-21-20(25-26-28)22(31)27(12-23-21)11-19(30)24-17-7-5-16(6-8-17)15(3)29/h4-10,12H,11H2,1-3H3,(H,24,30). The molecule has 9 nitrogen and oxygen atoms in total. The van der Waals surface area contributed by atoms with Gasteiger partial charge in [0.25, 0.3) is 5.56 Å². The minimum absolute atomic E-state index is 0.0577. The van der Waals surface area contributed by atoms with Gasteiger partial charge >= 0.3 is 0 Å². The average molecular weight is 416 g/mol. The lowest BCUT2D eigenvalue weighted by molar-refractivity contribution is -0.116. The van der Waals surface area contributed by atoms with Crippen LogP contribution in [0.1, 0.15) is 28.4 Å². The number of fused-ring (bicyclic) bond motifs is 1. The summed E-state index contributed by atoms with van der Waals surface area (Å²) in [5, 5.41) is 10.7. The zero-order valence-electron chi connectivity index (χ0n) is 17.3. The van der Waals surface area contributed by atoms with Crippen LogP contribution >= 0.6 is 0 Å². The Morgan fingerprint density at radius 1 is 1.03 bits per heavy atom. The van der Waals surface area contributed by atoms with Gasteiger partial charge in [-0.1, -0.05) is 11.3 Å². The Labute approximate surface area is 177 Å². The van der Waals surface area contributed by atoms with Crippen molar-refractivity contribution in [3.8, 4) is 5.69 Å². The fourth-order valence-corrected chi connectivity index (χ4v) is 3.13. The third-order valence-corrected chi connectivity index (χ3v) is 5.05. The lowest BCUT2D eigenvalue weighted by Gasteiger charge is -2.08. The Kier molecular flexibility index (Phi) is 5.16. The van der Waals surface area contributed by atoms with Crippen molar-refractivity contribution >= 4 is 28.5 Å². The van der Waals surface area contributed by atoms with Crippen LogP contribution in [0.15, 0.2) is 53.6 Å². The van der Waals surface area contributed by atoms with E-state index in [4.69, 9.17) is 0 Å². The topological polar surface area (TPSA) is 112 Å². The van der Waals surface area contributed by atoms with Crippen molar-refractivity contribution in [2.45, 2.75) is 27.3 Å². The van der Waals surface area contributed by atoms with Gasteiger partial charge in [0.05, 0.1) is 5.69 Å². The first-order chi connectivity index (χ1) is 14.8. The summed E-state index contributed by atoms with van der Waals surface area (Å²) in [7, 11) is 0. The molecule has 1 amide bonds. The SMILES string of the molecule is CC(=O)c1ccc(NC(=O)Cn2cnc3c(nnn3-c3ccc(C)c(C)c3)c2=O)cc1. The molecular formula is C22H20N6O3. The van der Waals surface area contributed by atoms with Gasteiger partial charge in [-0.2, -0.15) is 4.68 Å². The molecular weight excluding hydrogens is 396 g/mol. The number of hydrogen-bond acceptors (Lipinski definition) is 6. The molecule has 0 radical (unpaired) electrons. The van der Waals surface area contributed by atoms with Gasteiger partial charge in [-0.15, -0.1) is 5.10 Å². The number of aromatic nitrogens is 5. The van der Waals surface area contributed by atoms with E-state index in [-0.39, 0.29) is 17.8 Å². The second-order valence-electron chi connectivity index (χ2n) is 7.30. The minimum Gasteiger partial charge on any atom is -0.325 e. The highest BCUT2D eigenvalue weighted by atomic mass is 16.2. The molecule has 2 aromatic carbocycles. The molecule has 0 aliphatic rings. The summed E-state index contributed by atoms with van der Waals surface area (Å²) in [5.41, 5.74) is 4.01. The number of hydrogen-bond donors (Lipinski definition) is 1. The molecule has 156 valence electrons. The summed E-state index contributed by atoms with van der Waals surface area (Å²) in [6.07, 6.45) is 1.31. The number of Topliss-reactive ketones (excluding diaryl/α,β-unsaturated/α-hetero) is 1. The molecule has 0 aliphatic carbocycles. The van der Waals surface area contributed by atoms with Gasteiger partial charge in [0.15, 0.2) is 16.9 Å². The fourth-order valence-electron chi connectivity index (χ4n) is 3.13. The lowest BCUT2D eigenvalue weighted by Crippen LogP contribution is -2.28. The third-order valence-electron chi connectivity index (χ3n) is 5.05. The first kappa shape index (κ1) is 20.1. The first-order valence-corrected chi connectivity index (χ1v) is 9.63. The number of benzene rings is 2. The van der Waals surface area contributed by atoms with E-state index in [0.29, 0.717) is 16.9 Å². The number of rotatable bonds is 5. The summed E-state index contributed by atoms with van der Waals surface area (Å²) in [6.45, 7) is 5.24. The van der Waals surface area contributed by atoms with E-state index < -0.39 is 11.5 Å². The van der Waals surface area contributed by atoms with Crippen LogP contribution in [0.2, 0.25) is 0 Å².